The van der Waals surface area contributed by atoms with E-state index in [0.29, 0.717) is 6.61 Å². The molecule has 0 N–H and O–H groups in total. The molecule has 1 heterocycles. The summed E-state index contributed by atoms with van der Waals surface area (Å²) < 4.78 is 7.15. The molecule has 4 aromatic rings. The molecular weight excluding hydrogens is 483 g/mol. The maximum absolute atomic E-state index is 10.8. The van der Waals surface area contributed by atoms with Gasteiger partial charge >= 0.3 is 29.6 Å². The molecule has 31 heavy (non-hydrogen) atoms. The van der Waals surface area contributed by atoms with E-state index in [1.807, 2.05) is 66.7 Å². The van der Waals surface area contributed by atoms with Crippen LogP contribution < -0.4 is 39.4 Å². The summed E-state index contributed by atoms with van der Waals surface area (Å²) in [5, 5.41) is 12.9. The van der Waals surface area contributed by atoms with Crippen molar-refractivity contribution in [3.63, 3.8) is 0 Å². The summed E-state index contributed by atoms with van der Waals surface area (Å²) in [6.07, 6.45) is -0.0827. The monoisotopic (exact) mass is 500 g/mol. The van der Waals surface area contributed by atoms with Crippen molar-refractivity contribution in [2.24, 2.45) is 0 Å². The van der Waals surface area contributed by atoms with Crippen molar-refractivity contribution in [2.45, 2.75) is 13.0 Å². The molecule has 0 bridgehead atoms. The number of halogens is 1. The molecule has 0 aliphatic rings. The number of rotatable bonds is 7. The van der Waals surface area contributed by atoms with Gasteiger partial charge in [-0.1, -0.05) is 70.5 Å². The molecule has 3 nitrogen and oxygen atoms in total. The summed E-state index contributed by atoms with van der Waals surface area (Å²) in [5.74, 6) is -0.260. The van der Waals surface area contributed by atoms with Gasteiger partial charge in [-0.15, -0.1) is 11.3 Å². The number of hydrogen-bond donors (Lipinski definition) is 0. The zero-order valence-electron chi connectivity index (χ0n) is 17.0. The number of hydrogen-bond acceptors (Lipinski definition) is 4. The Kier molecular flexibility index (Phi) is 8.52. The minimum atomic E-state index is -1.08. The van der Waals surface area contributed by atoms with Crippen LogP contribution in [0.25, 0.3) is 21.6 Å². The number of thiophene rings is 1. The zero-order chi connectivity index (χ0) is 20.9. The van der Waals surface area contributed by atoms with Crippen LogP contribution in [0.5, 0.6) is 5.75 Å². The Morgan fingerprint density at radius 2 is 1.65 bits per heavy atom. The van der Waals surface area contributed by atoms with Crippen molar-refractivity contribution in [1.29, 1.82) is 0 Å². The fraction of sp³-hybridized carbons (Fsp3) is 0.0800. The second-order valence-corrected chi connectivity index (χ2v) is 8.66. The molecule has 3 aromatic carbocycles. The Balaban J connectivity index is 0.00000272. The fourth-order valence-corrected chi connectivity index (χ4v) is 4.54. The van der Waals surface area contributed by atoms with Gasteiger partial charge in [0.25, 0.3) is 0 Å². The van der Waals surface area contributed by atoms with Crippen molar-refractivity contribution < 1.29 is 44.2 Å². The first-order valence-corrected chi connectivity index (χ1v) is 11.1. The van der Waals surface area contributed by atoms with Gasteiger partial charge in [-0.05, 0) is 46.3 Å². The molecule has 0 fully saturated rings. The van der Waals surface area contributed by atoms with Gasteiger partial charge in [-0.25, -0.2) is 0 Å². The van der Waals surface area contributed by atoms with Crippen LogP contribution in [-0.4, -0.2) is 5.97 Å². The quantitative estimate of drug-likeness (QED) is 0.366. The molecule has 150 valence electrons. The number of carboxylic acid groups (broad SMARTS) is 1. The zero-order valence-corrected chi connectivity index (χ0v) is 21.4. The molecule has 4 rings (SSSR count). The number of carbonyl (C=O) groups is 1. The molecule has 6 heteroatoms. The second kappa shape index (κ2) is 11.1. The van der Waals surface area contributed by atoms with Crippen molar-refractivity contribution in [3.8, 4) is 27.3 Å². The molecule has 0 amide bonds. The molecule has 0 spiro atoms. The summed E-state index contributed by atoms with van der Waals surface area (Å²) in [4.78, 5) is 11.9. The molecule has 0 radical (unpaired) electrons. The number of carbonyl (C=O) groups excluding carboxylic acids is 1. The van der Waals surface area contributed by atoms with Crippen molar-refractivity contribution in [2.75, 3.05) is 0 Å². The topological polar surface area (TPSA) is 49.4 Å². The van der Waals surface area contributed by atoms with Crippen LogP contribution in [-0.2, 0) is 17.8 Å². The van der Waals surface area contributed by atoms with E-state index in [-0.39, 0.29) is 36.0 Å². The Morgan fingerprint density at radius 3 is 2.35 bits per heavy atom. The van der Waals surface area contributed by atoms with Crippen LogP contribution in [0.3, 0.4) is 0 Å². The van der Waals surface area contributed by atoms with E-state index in [1.165, 1.54) is 0 Å². The van der Waals surface area contributed by atoms with Crippen molar-refractivity contribution >= 4 is 33.2 Å². The predicted molar refractivity (Wildman–Crippen MR) is 122 cm³/mol. The Morgan fingerprint density at radius 1 is 0.903 bits per heavy atom. The maximum Gasteiger partial charge on any atom is 1.00 e. The number of ether oxygens (including phenoxy) is 1. The summed E-state index contributed by atoms with van der Waals surface area (Å²) >= 11 is 5.22. The minimum absolute atomic E-state index is 0. The summed E-state index contributed by atoms with van der Waals surface area (Å²) in [7, 11) is 0. The van der Waals surface area contributed by atoms with Gasteiger partial charge in [-0.2, -0.15) is 0 Å². The first-order chi connectivity index (χ1) is 14.6. The maximum atomic E-state index is 10.8. The van der Waals surface area contributed by atoms with E-state index in [4.69, 9.17) is 4.74 Å². The normalized spacial score (nSPS) is 10.4. The number of aliphatic carboxylic acids is 1. The van der Waals surface area contributed by atoms with Gasteiger partial charge in [0.05, 0.1) is 0 Å². The minimum Gasteiger partial charge on any atom is -0.550 e. The molecule has 1 aromatic heterocycles. The third kappa shape index (κ3) is 6.09. The average molecular weight is 501 g/mol. The van der Waals surface area contributed by atoms with Gasteiger partial charge in [0.2, 0.25) is 0 Å². The average Bonchev–Trinajstić information content (AvgIpc) is 3.23. The molecule has 0 unspecified atom stereocenters. The van der Waals surface area contributed by atoms with Crippen molar-refractivity contribution in [1.82, 2.24) is 0 Å². The van der Waals surface area contributed by atoms with Crippen LogP contribution >= 0.6 is 27.3 Å². The largest absolute Gasteiger partial charge is 1.00 e. The number of carboxylic acids is 1. The first-order valence-electron chi connectivity index (χ1n) is 9.43. The third-order valence-corrected chi connectivity index (χ3v) is 6.16. The summed E-state index contributed by atoms with van der Waals surface area (Å²) in [6.45, 7) is 0.493. The van der Waals surface area contributed by atoms with E-state index < -0.39 is 5.97 Å². The molecule has 0 saturated carbocycles. The van der Waals surface area contributed by atoms with E-state index in [0.717, 1.165) is 42.9 Å². The van der Waals surface area contributed by atoms with Crippen molar-refractivity contribution in [3.05, 3.63) is 99.8 Å². The van der Waals surface area contributed by atoms with Gasteiger partial charge in [-0.3, -0.25) is 0 Å². The Hall–Kier alpha value is -1.89. The van der Waals surface area contributed by atoms with E-state index in [1.54, 1.807) is 11.3 Å². The third-order valence-electron chi connectivity index (χ3n) is 4.70. The standard InChI is InChI=1S/C25H19BrO3S.Na/c26-20-10-11-23(29-16-18-4-2-1-3-5-18)22(15-20)21-12-13-30-25(21)19-8-6-17(7-9-19)14-24(27)28;/h1-13,15H,14,16H2,(H,27,28);/q;+1/p-1. The molecular formula is C25H18BrNaO3S. The molecule has 0 atom stereocenters. The summed E-state index contributed by atoms with van der Waals surface area (Å²) in [5.41, 5.74) is 4.97. The van der Waals surface area contributed by atoms with Crippen LogP contribution in [0.2, 0.25) is 0 Å². The van der Waals surface area contributed by atoms with E-state index in [2.05, 4.69) is 33.4 Å². The number of benzene rings is 3. The Labute approximate surface area is 216 Å². The Bertz CT molecular complexity index is 1160. The smallest absolute Gasteiger partial charge is 0.550 e. The van der Waals surface area contributed by atoms with Gasteiger partial charge < -0.3 is 14.6 Å². The van der Waals surface area contributed by atoms with Crippen LogP contribution in [0.4, 0.5) is 0 Å². The second-order valence-electron chi connectivity index (χ2n) is 6.82. The molecule has 0 aliphatic carbocycles. The van der Waals surface area contributed by atoms with E-state index in [9.17, 15) is 9.90 Å². The summed E-state index contributed by atoms with van der Waals surface area (Å²) in [6, 6.07) is 25.8. The SMILES string of the molecule is O=C([O-])Cc1ccc(-c2sccc2-c2cc(Br)ccc2OCc2ccccc2)cc1.[Na+]. The van der Waals surface area contributed by atoms with E-state index >= 15 is 0 Å². The van der Waals surface area contributed by atoms with Crippen LogP contribution in [0, 0.1) is 0 Å². The first kappa shape index (κ1) is 23.8. The van der Waals surface area contributed by atoms with Gasteiger partial charge in [0.1, 0.15) is 12.4 Å². The molecule has 0 saturated heterocycles. The van der Waals surface area contributed by atoms with Gasteiger partial charge in [0, 0.05) is 32.9 Å². The van der Waals surface area contributed by atoms with Crippen LogP contribution in [0.15, 0.2) is 88.7 Å². The molecule has 0 aliphatic heterocycles. The van der Waals surface area contributed by atoms with Gasteiger partial charge in [0.15, 0.2) is 0 Å². The predicted octanol–water partition coefficient (Wildman–Crippen LogP) is 2.72. The van der Waals surface area contributed by atoms with Crippen LogP contribution in [0.1, 0.15) is 11.1 Å². The fourth-order valence-electron chi connectivity index (χ4n) is 3.26.